The van der Waals surface area contributed by atoms with Gasteiger partial charge in [-0.3, -0.25) is 14.3 Å². The van der Waals surface area contributed by atoms with E-state index in [2.05, 4.69) is 41.1 Å². The number of guanidine groups is 1. The zero-order valence-electron chi connectivity index (χ0n) is 15.1. The van der Waals surface area contributed by atoms with E-state index < -0.39 is 0 Å². The first-order chi connectivity index (χ1) is 12.3. The van der Waals surface area contributed by atoms with Crippen LogP contribution in [0.4, 0.5) is 0 Å². The number of piperazine rings is 1. The Morgan fingerprint density at radius 1 is 1.38 bits per heavy atom. The predicted molar refractivity (Wildman–Crippen MR) is 116 cm³/mol. The van der Waals surface area contributed by atoms with Gasteiger partial charge in [-0.05, 0) is 12.3 Å². The summed E-state index contributed by atoms with van der Waals surface area (Å²) in [5, 5.41) is 5.51. The molecule has 144 valence electrons. The van der Waals surface area contributed by atoms with Crippen molar-refractivity contribution in [2.24, 2.45) is 10.9 Å². The molecule has 2 aromatic heterocycles. The molecule has 1 N–H and O–H groups in total. The fraction of sp³-hybridized carbons (Fsp3) is 0.647. The van der Waals surface area contributed by atoms with Crippen LogP contribution in [-0.4, -0.2) is 78.1 Å². The molecular formula is C17H27IN6OS. The van der Waals surface area contributed by atoms with Gasteiger partial charge >= 0.3 is 0 Å². The lowest BCUT2D eigenvalue weighted by Gasteiger charge is -2.37. The van der Waals surface area contributed by atoms with Gasteiger partial charge in [-0.15, -0.1) is 35.3 Å². The topological polar surface area (TPSA) is 57.4 Å². The smallest absolute Gasteiger partial charge is 0.194 e. The third kappa shape index (κ3) is 4.68. The highest BCUT2D eigenvalue weighted by atomic mass is 127. The van der Waals surface area contributed by atoms with Gasteiger partial charge in [-0.1, -0.05) is 0 Å². The van der Waals surface area contributed by atoms with Crippen molar-refractivity contribution in [2.75, 3.05) is 53.0 Å². The molecule has 2 aliphatic heterocycles. The van der Waals surface area contributed by atoms with E-state index in [9.17, 15) is 0 Å². The number of aromatic nitrogens is 2. The van der Waals surface area contributed by atoms with Crippen molar-refractivity contribution in [3.63, 3.8) is 0 Å². The summed E-state index contributed by atoms with van der Waals surface area (Å²) in [6.07, 6.45) is 5.33. The minimum atomic E-state index is 0. The van der Waals surface area contributed by atoms with E-state index in [0.717, 1.165) is 61.9 Å². The molecule has 0 aromatic carbocycles. The SMILES string of the molecule is CN=C(NCc1cn2ccsc2n1)N1CCN(CC2CCOC2)CC1.I. The second-order valence-corrected chi connectivity index (χ2v) is 7.62. The quantitative estimate of drug-likeness (QED) is 0.402. The number of rotatable bonds is 4. The third-order valence-electron chi connectivity index (χ3n) is 4.99. The second kappa shape index (κ2) is 9.34. The number of nitrogens with zero attached hydrogens (tertiary/aromatic N) is 5. The molecule has 0 spiro atoms. The highest BCUT2D eigenvalue weighted by Gasteiger charge is 2.24. The van der Waals surface area contributed by atoms with Crippen LogP contribution in [0, 0.1) is 5.92 Å². The molecule has 0 saturated carbocycles. The van der Waals surface area contributed by atoms with Gasteiger partial charge < -0.3 is 15.0 Å². The highest BCUT2D eigenvalue weighted by molar-refractivity contribution is 14.0. The molecule has 0 bridgehead atoms. The van der Waals surface area contributed by atoms with E-state index in [1.807, 2.05) is 13.2 Å². The number of ether oxygens (including phenoxy) is 1. The van der Waals surface area contributed by atoms with Gasteiger partial charge in [0.2, 0.25) is 0 Å². The average molecular weight is 490 g/mol. The number of fused-ring (bicyclic) bond motifs is 1. The third-order valence-corrected chi connectivity index (χ3v) is 5.77. The van der Waals surface area contributed by atoms with Crippen molar-refractivity contribution in [3.8, 4) is 0 Å². The Morgan fingerprint density at radius 2 is 2.23 bits per heavy atom. The minimum absolute atomic E-state index is 0. The molecule has 2 aliphatic rings. The van der Waals surface area contributed by atoms with Gasteiger partial charge in [0.1, 0.15) is 0 Å². The first-order valence-electron chi connectivity index (χ1n) is 8.98. The first kappa shape index (κ1) is 19.8. The zero-order chi connectivity index (χ0) is 17.1. The standard InChI is InChI=1S/C17H26N6OS.HI/c1-18-16(19-10-15-12-23-7-9-25-17(23)20-15)22-5-3-21(4-6-22)11-14-2-8-24-13-14;/h7,9,12,14H,2-6,8,10-11,13H2,1H3,(H,18,19);1H. The largest absolute Gasteiger partial charge is 0.381 e. The van der Waals surface area contributed by atoms with Crippen molar-refractivity contribution in [3.05, 3.63) is 23.5 Å². The monoisotopic (exact) mass is 490 g/mol. The molecule has 4 heterocycles. The molecule has 9 heteroatoms. The van der Waals surface area contributed by atoms with Crippen molar-refractivity contribution in [1.29, 1.82) is 0 Å². The van der Waals surface area contributed by atoms with Gasteiger partial charge in [0.05, 0.1) is 18.8 Å². The average Bonchev–Trinajstić information content (AvgIpc) is 3.34. The molecule has 0 amide bonds. The lowest BCUT2D eigenvalue weighted by atomic mass is 10.1. The second-order valence-electron chi connectivity index (χ2n) is 6.74. The summed E-state index contributed by atoms with van der Waals surface area (Å²) >= 11 is 1.66. The number of halogens is 1. The van der Waals surface area contributed by atoms with Gasteiger partial charge in [-0.25, -0.2) is 4.98 Å². The summed E-state index contributed by atoms with van der Waals surface area (Å²) in [4.78, 5) is 15.0. The van der Waals surface area contributed by atoms with Crippen LogP contribution in [-0.2, 0) is 11.3 Å². The number of thiazole rings is 1. The molecule has 7 nitrogen and oxygen atoms in total. The molecule has 4 rings (SSSR count). The van der Waals surface area contributed by atoms with E-state index in [-0.39, 0.29) is 24.0 Å². The van der Waals surface area contributed by atoms with Crippen molar-refractivity contribution >= 4 is 46.2 Å². The Balaban J connectivity index is 0.00000196. The van der Waals surface area contributed by atoms with Gasteiger partial charge in [0.15, 0.2) is 10.9 Å². The van der Waals surface area contributed by atoms with Gasteiger partial charge in [-0.2, -0.15) is 0 Å². The molecule has 1 atom stereocenters. The Morgan fingerprint density at radius 3 is 2.92 bits per heavy atom. The fourth-order valence-electron chi connectivity index (χ4n) is 3.60. The van der Waals surface area contributed by atoms with E-state index in [1.54, 1.807) is 11.3 Å². The van der Waals surface area contributed by atoms with Crippen LogP contribution in [0.3, 0.4) is 0 Å². The highest BCUT2D eigenvalue weighted by Crippen LogP contribution is 2.15. The van der Waals surface area contributed by atoms with E-state index in [0.29, 0.717) is 6.54 Å². The van der Waals surface area contributed by atoms with Crippen LogP contribution >= 0.6 is 35.3 Å². The maximum Gasteiger partial charge on any atom is 0.194 e. The lowest BCUT2D eigenvalue weighted by Crippen LogP contribution is -2.53. The molecular weight excluding hydrogens is 463 g/mol. The Bertz CT molecular complexity index is 689. The summed E-state index contributed by atoms with van der Waals surface area (Å²) in [5.74, 6) is 1.69. The predicted octanol–water partition coefficient (Wildman–Crippen LogP) is 1.74. The van der Waals surface area contributed by atoms with E-state index in [4.69, 9.17) is 4.74 Å². The Kier molecular flexibility index (Phi) is 7.12. The van der Waals surface area contributed by atoms with Crippen LogP contribution < -0.4 is 5.32 Å². The normalized spacial score (nSPS) is 22.0. The number of imidazole rings is 1. The fourth-order valence-corrected chi connectivity index (χ4v) is 4.32. The number of nitrogens with one attached hydrogen (secondary N) is 1. The zero-order valence-corrected chi connectivity index (χ0v) is 18.3. The number of hydrogen-bond donors (Lipinski definition) is 1. The summed E-state index contributed by atoms with van der Waals surface area (Å²) in [5.41, 5.74) is 1.05. The van der Waals surface area contributed by atoms with E-state index in [1.165, 1.54) is 13.0 Å². The lowest BCUT2D eigenvalue weighted by molar-refractivity contribution is 0.139. The minimum Gasteiger partial charge on any atom is -0.381 e. The first-order valence-corrected chi connectivity index (χ1v) is 9.86. The van der Waals surface area contributed by atoms with Crippen LogP contribution in [0.15, 0.2) is 22.8 Å². The maximum atomic E-state index is 5.49. The van der Waals surface area contributed by atoms with Crippen molar-refractivity contribution in [1.82, 2.24) is 24.5 Å². The van der Waals surface area contributed by atoms with Crippen molar-refractivity contribution in [2.45, 2.75) is 13.0 Å². The number of aliphatic imine (C=N–C) groups is 1. The molecule has 26 heavy (non-hydrogen) atoms. The van der Waals surface area contributed by atoms with Crippen LogP contribution in [0.25, 0.3) is 4.96 Å². The molecule has 1 unspecified atom stereocenters. The Labute approximate surface area is 175 Å². The maximum absolute atomic E-state index is 5.49. The number of hydrogen-bond acceptors (Lipinski definition) is 5. The molecule has 2 saturated heterocycles. The summed E-state index contributed by atoms with van der Waals surface area (Å²) in [7, 11) is 1.86. The van der Waals surface area contributed by atoms with Gasteiger partial charge in [0.25, 0.3) is 0 Å². The Hall–Kier alpha value is -0.910. The van der Waals surface area contributed by atoms with Crippen LogP contribution in [0.2, 0.25) is 0 Å². The van der Waals surface area contributed by atoms with Gasteiger partial charge in [0, 0.05) is 64.2 Å². The molecule has 0 aliphatic carbocycles. The molecule has 2 aromatic rings. The molecule has 2 fully saturated rings. The summed E-state index contributed by atoms with van der Waals surface area (Å²) in [6, 6.07) is 0. The van der Waals surface area contributed by atoms with Crippen LogP contribution in [0.5, 0.6) is 0 Å². The summed E-state index contributed by atoms with van der Waals surface area (Å²) < 4.78 is 7.56. The van der Waals surface area contributed by atoms with E-state index >= 15 is 0 Å². The molecule has 0 radical (unpaired) electrons. The van der Waals surface area contributed by atoms with Crippen LogP contribution in [0.1, 0.15) is 12.1 Å². The van der Waals surface area contributed by atoms with Crippen molar-refractivity contribution < 1.29 is 4.74 Å². The summed E-state index contributed by atoms with van der Waals surface area (Å²) in [6.45, 7) is 7.98.